The molecule has 0 unspecified atom stereocenters. The number of aromatic nitrogens is 1. The van der Waals surface area contributed by atoms with E-state index in [-0.39, 0.29) is 11.8 Å². The van der Waals surface area contributed by atoms with E-state index in [1.165, 1.54) is 12.3 Å². The first-order valence-electron chi connectivity index (χ1n) is 8.62. The van der Waals surface area contributed by atoms with E-state index in [1.807, 2.05) is 42.5 Å². The van der Waals surface area contributed by atoms with Crippen LogP contribution in [0.2, 0.25) is 0 Å². The summed E-state index contributed by atoms with van der Waals surface area (Å²) in [6.07, 6.45) is 6.35. The number of benzene rings is 2. The number of pyridine rings is 1. The Morgan fingerprint density at radius 2 is 1.79 bits per heavy atom. The number of para-hydroxylation sites is 1. The highest BCUT2D eigenvalue weighted by atomic mass is 79.9. The highest BCUT2D eigenvalue weighted by molar-refractivity contribution is 9.10. The summed E-state index contributed by atoms with van der Waals surface area (Å²) in [7, 11) is 0. The first-order chi connectivity index (χ1) is 13.6. The van der Waals surface area contributed by atoms with Crippen LogP contribution in [-0.4, -0.2) is 16.8 Å². The molecular weight excluding hydrogens is 418 g/mol. The zero-order valence-corrected chi connectivity index (χ0v) is 16.5. The summed E-state index contributed by atoms with van der Waals surface area (Å²) in [5.74, 6) is -0.460. The molecule has 140 valence electrons. The van der Waals surface area contributed by atoms with Crippen molar-refractivity contribution in [1.82, 2.24) is 10.3 Å². The average Bonchev–Trinajstić information content (AvgIpc) is 2.73. The number of hydrogen-bond acceptors (Lipinski definition) is 3. The molecule has 2 aromatic carbocycles. The van der Waals surface area contributed by atoms with Gasteiger partial charge in [-0.1, -0.05) is 46.3 Å². The largest absolute Gasteiger partial charge is 0.348 e. The second-order valence-electron chi connectivity index (χ2n) is 5.96. The molecule has 0 aliphatic heterocycles. The Hall–Kier alpha value is -3.25. The first-order valence-corrected chi connectivity index (χ1v) is 9.42. The van der Waals surface area contributed by atoms with Crippen LogP contribution in [0.5, 0.6) is 0 Å². The lowest BCUT2D eigenvalue weighted by Crippen LogP contribution is -2.23. The van der Waals surface area contributed by atoms with Crippen molar-refractivity contribution < 1.29 is 9.59 Å². The molecule has 0 radical (unpaired) electrons. The Labute approximate surface area is 171 Å². The Bertz CT molecular complexity index is 986. The summed E-state index contributed by atoms with van der Waals surface area (Å²) in [4.78, 5) is 28.4. The zero-order chi connectivity index (χ0) is 19.8. The van der Waals surface area contributed by atoms with Crippen LogP contribution < -0.4 is 10.6 Å². The number of halogens is 1. The number of amides is 2. The van der Waals surface area contributed by atoms with E-state index in [2.05, 4.69) is 31.5 Å². The maximum absolute atomic E-state index is 12.3. The second kappa shape index (κ2) is 9.62. The van der Waals surface area contributed by atoms with Gasteiger partial charge in [0.2, 0.25) is 5.91 Å². The third-order valence-electron chi connectivity index (χ3n) is 3.94. The van der Waals surface area contributed by atoms with E-state index in [0.29, 0.717) is 17.8 Å². The quantitative estimate of drug-likeness (QED) is 0.562. The zero-order valence-electron chi connectivity index (χ0n) is 14.9. The van der Waals surface area contributed by atoms with Crippen molar-refractivity contribution in [3.8, 4) is 0 Å². The molecule has 0 saturated carbocycles. The minimum atomic E-state index is -0.242. The Morgan fingerprint density at radius 3 is 2.54 bits per heavy atom. The molecule has 1 aromatic heterocycles. The van der Waals surface area contributed by atoms with Crippen LogP contribution in [0.1, 0.15) is 21.5 Å². The SMILES string of the molecule is O=C(/C=C/c1ccc(Br)cc1)Nc1ccccc1CNC(=O)c1cccnc1. The topological polar surface area (TPSA) is 71.1 Å². The molecule has 2 amide bonds. The fourth-order valence-electron chi connectivity index (χ4n) is 2.49. The molecule has 5 nitrogen and oxygen atoms in total. The van der Waals surface area contributed by atoms with Crippen LogP contribution in [0.4, 0.5) is 5.69 Å². The monoisotopic (exact) mass is 435 g/mol. The molecule has 6 heteroatoms. The molecule has 28 heavy (non-hydrogen) atoms. The second-order valence-corrected chi connectivity index (χ2v) is 6.87. The first kappa shape index (κ1) is 19.5. The van der Waals surface area contributed by atoms with Gasteiger partial charge >= 0.3 is 0 Å². The van der Waals surface area contributed by atoms with E-state index in [9.17, 15) is 9.59 Å². The molecule has 0 saturated heterocycles. The summed E-state index contributed by atoms with van der Waals surface area (Å²) in [5, 5.41) is 5.70. The predicted octanol–water partition coefficient (Wildman–Crippen LogP) is 4.43. The predicted molar refractivity (Wildman–Crippen MR) is 114 cm³/mol. The Balaban J connectivity index is 1.62. The van der Waals surface area contributed by atoms with Gasteiger partial charge in [0, 0.05) is 35.2 Å². The van der Waals surface area contributed by atoms with E-state index in [1.54, 1.807) is 30.5 Å². The molecule has 1 heterocycles. The number of rotatable bonds is 6. The molecule has 3 aromatic rings. The standard InChI is InChI=1S/C22H18BrN3O2/c23-19-10-7-16(8-11-19)9-12-21(27)26-20-6-2-1-4-17(20)15-25-22(28)18-5-3-13-24-14-18/h1-14H,15H2,(H,25,28)(H,26,27)/b12-9+. The van der Waals surface area contributed by atoms with Crippen LogP contribution in [0.3, 0.4) is 0 Å². The summed E-state index contributed by atoms with van der Waals surface area (Å²) in [6.45, 7) is 0.292. The molecule has 3 rings (SSSR count). The van der Waals surface area contributed by atoms with Gasteiger partial charge in [-0.2, -0.15) is 0 Å². The summed E-state index contributed by atoms with van der Waals surface area (Å²) >= 11 is 3.38. The van der Waals surface area contributed by atoms with Crippen molar-refractivity contribution >= 4 is 39.5 Å². The van der Waals surface area contributed by atoms with E-state index in [0.717, 1.165) is 15.6 Å². The lowest BCUT2D eigenvalue weighted by atomic mass is 10.1. The van der Waals surface area contributed by atoms with Crippen molar-refractivity contribution in [2.24, 2.45) is 0 Å². The van der Waals surface area contributed by atoms with Gasteiger partial charge < -0.3 is 10.6 Å². The number of carbonyl (C=O) groups excluding carboxylic acids is 2. The van der Waals surface area contributed by atoms with Gasteiger partial charge in [0.25, 0.3) is 5.91 Å². The highest BCUT2D eigenvalue weighted by Gasteiger charge is 2.08. The van der Waals surface area contributed by atoms with Gasteiger partial charge in [-0.3, -0.25) is 14.6 Å². The number of nitrogens with zero attached hydrogens (tertiary/aromatic N) is 1. The lowest BCUT2D eigenvalue weighted by Gasteiger charge is -2.11. The summed E-state index contributed by atoms with van der Waals surface area (Å²) in [5.41, 5.74) is 2.88. The summed E-state index contributed by atoms with van der Waals surface area (Å²) in [6, 6.07) is 18.4. The van der Waals surface area contributed by atoms with Crippen molar-refractivity contribution in [2.45, 2.75) is 6.54 Å². The van der Waals surface area contributed by atoms with E-state index >= 15 is 0 Å². The van der Waals surface area contributed by atoms with Crippen LogP contribution in [0, 0.1) is 0 Å². The molecule has 0 aliphatic rings. The third kappa shape index (κ3) is 5.62. The Morgan fingerprint density at radius 1 is 1.00 bits per heavy atom. The van der Waals surface area contributed by atoms with Gasteiger partial charge in [-0.05, 0) is 47.5 Å². The fraction of sp³-hybridized carbons (Fsp3) is 0.0455. The van der Waals surface area contributed by atoms with Gasteiger partial charge in [-0.15, -0.1) is 0 Å². The van der Waals surface area contributed by atoms with Gasteiger partial charge in [0.15, 0.2) is 0 Å². The van der Waals surface area contributed by atoms with Crippen LogP contribution in [0.25, 0.3) is 6.08 Å². The Kier molecular flexibility index (Phi) is 6.70. The van der Waals surface area contributed by atoms with Crippen LogP contribution >= 0.6 is 15.9 Å². The van der Waals surface area contributed by atoms with Crippen molar-refractivity contribution in [2.75, 3.05) is 5.32 Å². The van der Waals surface area contributed by atoms with Crippen molar-refractivity contribution in [1.29, 1.82) is 0 Å². The highest BCUT2D eigenvalue weighted by Crippen LogP contribution is 2.16. The van der Waals surface area contributed by atoms with Gasteiger partial charge in [0.05, 0.1) is 5.56 Å². The number of carbonyl (C=O) groups is 2. The van der Waals surface area contributed by atoms with Gasteiger partial charge in [0.1, 0.15) is 0 Å². The van der Waals surface area contributed by atoms with E-state index in [4.69, 9.17) is 0 Å². The maximum Gasteiger partial charge on any atom is 0.253 e. The van der Waals surface area contributed by atoms with Gasteiger partial charge in [-0.25, -0.2) is 0 Å². The molecule has 0 atom stereocenters. The number of hydrogen-bond donors (Lipinski definition) is 2. The normalized spacial score (nSPS) is 10.6. The maximum atomic E-state index is 12.3. The molecule has 2 N–H and O–H groups in total. The smallest absolute Gasteiger partial charge is 0.253 e. The molecule has 0 spiro atoms. The van der Waals surface area contributed by atoms with Crippen molar-refractivity contribution in [3.63, 3.8) is 0 Å². The number of nitrogens with one attached hydrogen (secondary N) is 2. The lowest BCUT2D eigenvalue weighted by molar-refractivity contribution is -0.111. The minimum Gasteiger partial charge on any atom is -0.348 e. The minimum absolute atomic E-state index is 0.218. The molecule has 0 bridgehead atoms. The molecular formula is C22H18BrN3O2. The number of anilines is 1. The van der Waals surface area contributed by atoms with Crippen molar-refractivity contribution in [3.05, 3.63) is 100 Å². The average molecular weight is 436 g/mol. The fourth-order valence-corrected chi connectivity index (χ4v) is 2.76. The van der Waals surface area contributed by atoms with E-state index < -0.39 is 0 Å². The molecule has 0 aliphatic carbocycles. The third-order valence-corrected chi connectivity index (χ3v) is 4.46. The van der Waals surface area contributed by atoms with Crippen LogP contribution in [-0.2, 0) is 11.3 Å². The molecule has 0 fully saturated rings. The van der Waals surface area contributed by atoms with Crippen LogP contribution in [0.15, 0.2) is 83.6 Å². The summed E-state index contributed by atoms with van der Waals surface area (Å²) < 4.78 is 0.983.